The fourth-order valence-corrected chi connectivity index (χ4v) is 2.26. The molecule has 1 saturated heterocycles. The topological polar surface area (TPSA) is 27.7 Å². The zero-order chi connectivity index (χ0) is 12.8. The van der Waals surface area contributed by atoms with Crippen LogP contribution in [0.5, 0.6) is 11.5 Å². The maximum atomic E-state index is 5.92. The number of hydrogen-bond donors (Lipinski definition) is 0. The Kier molecular flexibility index (Phi) is 5.14. The van der Waals surface area contributed by atoms with Crippen molar-refractivity contribution >= 4 is 11.6 Å². The molecule has 0 radical (unpaired) electrons. The Morgan fingerprint density at radius 3 is 2.94 bits per heavy atom. The Balaban J connectivity index is 1.95. The van der Waals surface area contributed by atoms with E-state index in [4.69, 9.17) is 25.8 Å². The van der Waals surface area contributed by atoms with Crippen molar-refractivity contribution in [2.45, 2.75) is 31.2 Å². The predicted octanol–water partition coefficient (Wildman–Crippen LogP) is 3.38. The van der Waals surface area contributed by atoms with Crippen molar-refractivity contribution in [3.05, 3.63) is 23.8 Å². The standard InChI is InChI=1S/C14H19ClO3/c1-16-12-5-6-14(11(8-12)9-15)18-10-13-4-2-3-7-17-13/h5-6,8,13H,2-4,7,9-10H2,1H3. The first-order chi connectivity index (χ1) is 8.83. The highest BCUT2D eigenvalue weighted by molar-refractivity contribution is 6.17. The van der Waals surface area contributed by atoms with Gasteiger partial charge in [-0.2, -0.15) is 0 Å². The lowest BCUT2D eigenvalue weighted by atomic mass is 10.1. The second kappa shape index (κ2) is 6.86. The summed E-state index contributed by atoms with van der Waals surface area (Å²) in [5, 5.41) is 0. The van der Waals surface area contributed by atoms with Crippen LogP contribution in [0, 0.1) is 0 Å². The number of methoxy groups -OCH3 is 1. The SMILES string of the molecule is COc1ccc(OCC2CCCCO2)c(CCl)c1. The van der Waals surface area contributed by atoms with Crippen LogP contribution in [0.1, 0.15) is 24.8 Å². The van der Waals surface area contributed by atoms with Gasteiger partial charge in [-0.05, 0) is 37.5 Å². The highest BCUT2D eigenvalue weighted by Gasteiger charge is 2.15. The predicted molar refractivity (Wildman–Crippen MR) is 71.6 cm³/mol. The van der Waals surface area contributed by atoms with Crippen LogP contribution in [-0.2, 0) is 10.6 Å². The zero-order valence-corrected chi connectivity index (χ0v) is 11.4. The largest absolute Gasteiger partial charge is 0.497 e. The van der Waals surface area contributed by atoms with Crippen LogP contribution in [-0.4, -0.2) is 26.4 Å². The van der Waals surface area contributed by atoms with Gasteiger partial charge in [-0.1, -0.05) is 0 Å². The summed E-state index contributed by atoms with van der Waals surface area (Å²) in [5.74, 6) is 2.03. The van der Waals surface area contributed by atoms with E-state index < -0.39 is 0 Å². The average molecular weight is 271 g/mol. The van der Waals surface area contributed by atoms with Gasteiger partial charge in [0.1, 0.15) is 18.1 Å². The quantitative estimate of drug-likeness (QED) is 0.768. The molecular weight excluding hydrogens is 252 g/mol. The summed E-state index contributed by atoms with van der Waals surface area (Å²) in [6.07, 6.45) is 3.67. The molecule has 1 heterocycles. The van der Waals surface area contributed by atoms with E-state index in [0.717, 1.165) is 36.5 Å². The maximum absolute atomic E-state index is 5.92. The van der Waals surface area contributed by atoms with E-state index in [1.165, 1.54) is 6.42 Å². The Bertz CT molecular complexity index is 375. The molecule has 1 aromatic carbocycles. The van der Waals surface area contributed by atoms with Crippen molar-refractivity contribution in [3.8, 4) is 11.5 Å². The maximum Gasteiger partial charge on any atom is 0.124 e. The van der Waals surface area contributed by atoms with Gasteiger partial charge in [-0.15, -0.1) is 11.6 Å². The number of ether oxygens (including phenoxy) is 3. The summed E-state index contributed by atoms with van der Waals surface area (Å²) in [6.45, 7) is 1.44. The molecule has 1 aliphatic heterocycles. The van der Waals surface area contributed by atoms with Crippen LogP contribution < -0.4 is 9.47 Å². The van der Waals surface area contributed by atoms with Gasteiger partial charge in [0.25, 0.3) is 0 Å². The van der Waals surface area contributed by atoms with Gasteiger partial charge in [0.2, 0.25) is 0 Å². The van der Waals surface area contributed by atoms with Gasteiger partial charge in [-0.3, -0.25) is 0 Å². The van der Waals surface area contributed by atoms with Gasteiger partial charge in [0.05, 0.1) is 19.1 Å². The van der Waals surface area contributed by atoms with Crippen molar-refractivity contribution in [2.75, 3.05) is 20.3 Å². The minimum atomic E-state index is 0.212. The second-order valence-corrected chi connectivity index (χ2v) is 4.67. The number of alkyl halides is 1. The Labute approximate surface area is 113 Å². The molecule has 1 aliphatic rings. The Morgan fingerprint density at radius 2 is 2.28 bits per heavy atom. The molecule has 0 aliphatic carbocycles. The van der Waals surface area contributed by atoms with Gasteiger partial charge in [-0.25, -0.2) is 0 Å². The molecule has 0 bridgehead atoms. The minimum absolute atomic E-state index is 0.212. The summed E-state index contributed by atoms with van der Waals surface area (Å²) in [4.78, 5) is 0. The van der Waals surface area contributed by atoms with E-state index in [1.54, 1.807) is 7.11 Å². The lowest BCUT2D eigenvalue weighted by Crippen LogP contribution is -2.26. The summed E-state index contributed by atoms with van der Waals surface area (Å²) in [6, 6.07) is 5.69. The smallest absolute Gasteiger partial charge is 0.124 e. The first-order valence-electron chi connectivity index (χ1n) is 6.30. The Hall–Kier alpha value is -0.930. The fourth-order valence-electron chi connectivity index (χ4n) is 2.05. The molecule has 18 heavy (non-hydrogen) atoms. The van der Waals surface area contributed by atoms with Gasteiger partial charge < -0.3 is 14.2 Å². The molecular formula is C14H19ClO3. The third kappa shape index (κ3) is 3.53. The molecule has 0 amide bonds. The van der Waals surface area contributed by atoms with Gasteiger partial charge >= 0.3 is 0 Å². The van der Waals surface area contributed by atoms with E-state index in [9.17, 15) is 0 Å². The molecule has 0 N–H and O–H groups in total. The summed E-state index contributed by atoms with van der Waals surface area (Å²) in [5.41, 5.74) is 0.951. The minimum Gasteiger partial charge on any atom is -0.497 e. The van der Waals surface area contributed by atoms with Gasteiger partial charge in [0, 0.05) is 12.2 Å². The van der Waals surface area contributed by atoms with Crippen molar-refractivity contribution < 1.29 is 14.2 Å². The average Bonchev–Trinajstić information content (AvgIpc) is 2.46. The number of benzene rings is 1. The van der Waals surface area contributed by atoms with E-state index in [2.05, 4.69) is 0 Å². The Morgan fingerprint density at radius 1 is 1.39 bits per heavy atom. The molecule has 4 heteroatoms. The zero-order valence-electron chi connectivity index (χ0n) is 10.7. The van der Waals surface area contributed by atoms with Crippen molar-refractivity contribution in [1.29, 1.82) is 0 Å². The van der Waals surface area contributed by atoms with Crippen LogP contribution in [0.2, 0.25) is 0 Å². The van der Waals surface area contributed by atoms with Crippen LogP contribution in [0.25, 0.3) is 0 Å². The summed E-state index contributed by atoms with van der Waals surface area (Å²) < 4.78 is 16.6. The van der Waals surface area contributed by atoms with Crippen LogP contribution in [0.3, 0.4) is 0 Å². The highest BCUT2D eigenvalue weighted by atomic mass is 35.5. The molecule has 0 spiro atoms. The lowest BCUT2D eigenvalue weighted by Gasteiger charge is -2.23. The molecule has 3 nitrogen and oxygen atoms in total. The van der Waals surface area contributed by atoms with Crippen molar-refractivity contribution in [3.63, 3.8) is 0 Å². The van der Waals surface area contributed by atoms with Crippen molar-refractivity contribution in [1.82, 2.24) is 0 Å². The van der Waals surface area contributed by atoms with Crippen LogP contribution >= 0.6 is 11.6 Å². The lowest BCUT2D eigenvalue weighted by molar-refractivity contribution is -0.0112. The van der Waals surface area contributed by atoms with Crippen molar-refractivity contribution in [2.24, 2.45) is 0 Å². The molecule has 0 saturated carbocycles. The molecule has 0 aromatic heterocycles. The molecule has 1 fully saturated rings. The first-order valence-corrected chi connectivity index (χ1v) is 6.84. The molecule has 1 atom stereocenters. The number of hydrogen-bond acceptors (Lipinski definition) is 3. The van der Waals surface area contributed by atoms with E-state index in [1.807, 2.05) is 18.2 Å². The van der Waals surface area contributed by atoms with Gasteiger partial charge in [0.15, 0.2) is 0 Å². The molecule has 1 unspecified atom stereocenters. The van der Waals surface area contributed by atoms with Crippen LogP contribution in [0.4, 0.5) is 0 Å². The normalized spacial score (nSPS) is 19.6. The second-order valence-electron chi connectivity index (χ2n) is 4.41. The highest BCUT2D eigenvalue weighted by Crippen LogP contribution is 2.26. The fraction of sp³-hybridized carbons (Fsp3) is 0.571. The monoisotopic (exact) mass is 270 g/mol. The molecule has 100 valence electrons. The van der Waals surface area contributed by atoms with E-state index in [-0.39, 0.29) is 6.10 Å². The summed E-state index contributed by atoms with van der Waals surface area (Å²) >= 11 is 5.92. The van der Waals surface area contributed by atoms with Crippen LogP contribution in [0.15, 0.2) is 18.2 Å². The first kappa shape index (κ1) is 13.5. The summed E-state index contributed by atoms with van der Waals surface area (Å²) in [7, 11) is 1.64. The molecule has 1 aromatic rings. The third-order valence-electron chi connectivity index (χ3n) is 3.11. The van der Waals surface area contributed by atoms with E-state index in [0.29, 0.717) is 12.5 Å². The number of halogens is 1. The third-order valence-corrected chi connectivity index (χ3v) is 3.40. The molecule has 2 rings (SSSR count). The number of rotatable bonds is 5. The van der Waals surface area contributed by atoms with E-state index >= 15 is 0 Å².